The Kier molecular flexibility index (Phi) is 4.93. The topological polar surface area (TPSA) is 89.9 Å². The highest BCUT2D eigenvalue weighted by Gasteiger charge is 2.69. The standard InChI is InChI=1S/C32H37FN6O2/c33-32-17-30(18-32,19-32)15-26(40)38(23-2-1-3-24(14-23)39-16-25(35-37-39)21-4-5-21)20-29-8-11-31(12-9-29,13-10-29)28-34-27(36-41-28)22-6-7-22/h1-3,14,16,21-22H,4-13,15,17-20H2. The summed E-state index contributed by atoms with van der Waals surface area (Å²) in [4.78, 5) is 21.0. The van der Waals surface area contributed by atoms with Gasteiger partial charge in [0.2, 0.25) is 11.8 Å². The molecule has 0 saturated heterocycles. The molecule has 0 spiro atoms. The van der Waals surface area contributed by atoms with E-state index in [1.165, 1.54) is 25.7 Å². The number of fused-ring (bicyclic) bond motifs is 3. The Morgan fingerprint density at radius 2 is 1.73 bits per heavy atom. The van der Waals surface area contributed by atoms with Crippen LogP contribution in [-0.4, -0.2) is 43.3 Å². The van der Waals surface area contributed by atoms with Crippen LogP contribution in [0.5, 0.6) is 0 Å². The summed E-state index contributed by atoms with van der Waals surface area (Å²) in [5.74, 6) is 2.90. The van der Waals surface area contributed by atoms with Gasteiger partial charge in [0.25, 0.3) is 0 Å². The Labute approximate surface area is 239 Å². The molecule has 0 N–H and O–H groups in total. The van der Waals surface area contributed by atoms with Crippen molar-refractivity contribution in [2.45, 2.75) is 113 Å². The van der Waals surface area contributed by atoms with Crippen molar-refractivity contribution in [3.05, 3.63) is 47.9 Å². The van der Waals surface area contributed by atoms with Crippen LogP contribution in [0.3, 0.4) is 0 Å². The first-order valence-corrected chi connectivity index (χ1v) is 15.7. The number of aromatic nitrogens is 5. The van der Waals surface area contributed by atoms with Gasteiger partial charge in [-0.15, -0.1) is 5.10 Å². The number of alkyl halides is 1. The van der Waals surface area contributed by atoms with Crippen LogP contribution in [-0.2, 0) is 10.2 Å². The third kappa shape index (κ3) is 4.01. The normalized spacial score (nSPS) is 35.1. The van der Waals surface area contributed by atoms with Crippen molar-refractivity contribution in [3.8, 4) is 5.69 Å². The first kappa shape index (κ1) is 24.5. The summed E-state index contributed by atoms with van der Waals surface area (Å²) < 4.78 is 22.0. The van der Waals surface area contributed by atoms with Crippen LogP contribution >= 0.6 is 0 Å². The first-order valence-electron chi connectivity index (χ1n) is 15.7. The minimum Gasteiger partial charge on any atom is -0.339 e. The Morgan fingerprint density at radius 3 is 2.41 bits per heavy atom. The lowest BCUT2D eigenvalue weighted by Crippen LogP contribution is -2.65. The largest absolute Gasteiger partial charge is 0.339 e. The zero-order chi connectivity index (χ0) is 27.5. The van der Waals surface area contributed by atoms with Gasteiger partial charge < -0.3 is 9.42 Å². The highest BCUT2D eigenvalue weighted by Crippen LogP contribution is 2.71. The molecule has 4 bridgehead atoms. The third-order valence-electron chi connectivity index (χ3n) is 11.5. The van der Waals surface area contributed by atoms with Crippen LogP contribution < -0.4 is 4.90 Å². The molecule has 8 aliphatic rings. The Bertz CT molecular complexity index is 1490. The van der Waals surface area contributed by atoms with E-state index in [1.807, 2.05) is 34.0 Å². The van der Waals surface area contributed by atoms with Crippen molar-refractivity contribution in [3.63, 3.8) is 0 Å². The molecule has 8 aliphatic carbocycles. The summed E-state index contributed by atoms with van der Waals surface area (Å²) in [6, 6.07) is 8.16. The minimum absolute atomic E-state index is 0.00964. The van der Waals surface area contributed by atoms with Gasteiger partial charge in [-0.05, 0) is 112 Å². The highest BCUT2D eigenvalue weighted by atomic mass is 19.1. The molecule has 214 valence electrons. The minimum atomic E-state index is -1.000. The van der Waals surface area contributed by atoms with Crippen molar-refractivity contribution < 1.29 is 13.7 Å². The van der Waals surface area contributed by atoms with E-state index < -0.39 is 5.67 Å². The molecule has 2 heterocycles. The van der Waals surface area contributed by atoms with E-state index in [-0.39, 0.29) is 22.2 Å². The number of halogens is 1. The maximum absolute atomic E-state index is 14.4. The van der Waals surface area contributed by atoms with Gasteiger partial charge in [0.15, 0.2) is 5.82 Å². The Hall–Kier alpha value is -3.10. The monoisotopic (exact) mass is 556 g/mol. The van der Waals surface area contributed by atoms with Crippen molar-refractivity contribution in [1.82, 2.24) is 25.1 Å². The number of rotatable bonds is 9. The van der Waals surface area contributed by atoms with Gasteiger partial charge in [-0.1, -0.05) is 16.4 Å². The molecule has 1 amide bonds. The van der Waals surface area contributed by atoms with E-state index in [9.17, 15) is 9.18 Å². The molecule has 8 nitrogen and oxygen atoms in total. The lowest BCUT2D eigenvalue weighted by atomic mass is 9.41. The summed E-state index contributed by atoms with van der Waals surface area (Å²) >= 11 is 0. The second kappa shape index (κ2) is 8.26. The number of amides is 1. The van der Waals surface area contributed by atoms with Gasteiger partial charge >= 0.3 is 0 Å². The number of carbonyl (C=O) groups is 1. The van der Waals surface area contributed by atoms with Crippen molar-refractivity contribution >= 4 is 11.6 Å². The summed E-state index contributed by atoms with van der Waals surface area (Å²) in [5.41, 5.74) is 1.80. The number of carbonyl (C=O) groups excluding carboxylic acids is 1. The molecule has 3 aromatic rings. The zero-order valence-electron chi connectivity index (χ0n) is 23.5. The molecule has 2 aromatic heterocycles. The third-order valence-corrected chi connectivity index (χ3v) is 11.5. The maximum atomic E-state index is 14.4. The van der Waals surface area contributed by atoms with Crippen LogP contribution in [0.25, 0.3) is 5.69 Å². The van der Waals surface area contributed by atoms with E-state index in [2.05, 4.69) is 21.5 Å². The molecule has 0 radical (unpaired) electrons. The Morgan fingerprint density at radius 1 is 1.00 bits per heavy atom. The Balaban J connectivity index is 0.979. The molecule has 0 aliphatic heterocycles. The number of hydrogen-bond acceptors (Lipinski definition) is 6. The molecule has 41 heavy (non-hydrogen) atoms. The zero-order valence-corrected chi connectivity index (χ0v) is 23.5. The van der Waals surface area contributed by atoms with Crippen LogP contribution in [0.15, 0.2) is 35.0 Å². The van der Waals surface area contributed by atoms with Crippen LogP contribution in [0.4, 0.5) is 10.1 Å². The van der Waals surface area contributed by atoms with Gasteiger partial charge in [-0.3, -0.25) is 4.79 Å². The maximum Gasteiger partial charge on any atom is 0.232 e. The number of anilines is 1. The van der Waals surface area contributed by atoms with Gasteiger partial charge in [0.1, 0.15) is 5.67 Å². The molecule has 9 heteroatoms. The van der Waals surface area contributed by atoms with E-state index in [4.69, 9.17) is 9.51 Å². The predicted octanol–water partition coefficient (Wildman–Crippen LogP) is 6.31. The van der Waals surface area contributed by atoms with Gasteiger partial charge in [0.05, 0.1) is 17.6 Å². The molecular formula is C32H37FN6O2. The van der Waals surface area contributed by atoms with Gasteiger partial charge in [-0.2, -0.15) is 4.98 Å². The lowest BCUT2D eigenvalue weighted by Gasteiger charge is -2.66. The van der Waals surface area contributed by atoms with Gasteiger partial charge in [0, 0.05) is 35.9 Å². The van der Waals surface area contributed by atoms with Gasteiger partial charge in [-0.25, -0.2) is 9.07 Å². The van der Waals surface area contributed by atoms with E-state index in [0.29, 0.717) is 44.1 Å². The lowest BCUT2D eigenvalue weighted by molar-refractivity contribution is -0.215. The SMILES string of the molecule is O=C(CC12CC(F)(C1)C2)N(CC12CCC(c3nc(C4CC4)no3)(CC1)CC2)c1cccc(-n2cc(C3CC3)nn2)c1. The number of benzene rings is 1. The fourth-order valence-electron chi connectivity index (χ4n) is 8.67. The summed E-state index contributed by atoms with van der Waals surface area (Å²) in [5, 5.41) is 13.1. The summed E-state index contributed by atoms with van der Waals surface area (Å²) in [7, 11) is 0. The average Bonchev–Trinajstić information content (AvgIpc) is 3.90. The average molecular weight is 557 g/mol. The number of hydrogen-bond donors (Lipinski definition) is 0. The van der Waals surface area contributed by atoms with E-state index in [1.54, 1.807) is 0 Å². The first-order chi connectivity index (χ1) is 19.8. The number of nitrogens with zero attached hydrogens (tertiary/aromatic N) is 6. The van der Waals surface area contributed by atoms with Crippen molar-refractivity contribution in [1.29, 1.82) is 0 Å². The molecule has 8 fully saturated rings. The molecule has 8 saturated carbocycles. The van der Waals surface area contributed by atoms with Crippen LogP contribution in [0, 0.1) is 10.8 Å². The van der Waals surface area contributed by atoms with Crippen molar-refractivity contribution in [2.75, 3.05) is 11.4 Å². The quantitative estimate of drug-likeness (QED) is 0.307. The van der Waals surface area contributed by atoms with Crippen LogP contribution in [0.2, 0.25) is 0 Å². The highest BCUT2D eigenvalue weighted by molar-refractivity contribution is 5.94. The molecule has 1 aromatic carbocycles. The summed E-state index contributed by atoms with van der Waals surface area (Å²) in [6.45, 7) is 0.698. The predicted molar refractivity (Wildman–Crippen MR) is 149 cm³/mol. The summed E-state index contributed by atoms with van der Waals surface area (Å²) in [6.07, 6.45) is 15.0. The second-order valence-corrected chi connectivity index (χ2v) is 14.7. The molecule has 0 atom stereocenters. The smallest absolute Gasteiger partial charge is 0.232 e. The van der Waals surface area contributed by atoms with E-state index >= 15 is 0 Å². The fraction of sp³-hybridized carbons (Fsp3) is 0.656. The molecule has 11 rings (SSSR count). The fourth-order valence-corrected chi connectivity index (χ4v) is 8.67. The van der Waals surface area contributed by atoms with Crippen molar-refractivity contribution in [2.24, 2.45) is 10.8 Å². The van der Waals surface area contributed by atoms with Crippen LogP contribution in [0.1, 0.15) is 119 Å². The van der Waals surface area contributed by atoms with E-state index in [0.717, 1.165) is 67.3 Å². The second-order valence-electron chi connectivity index (χ2n) is 14.7. The molecular weight excluding hydrogens is 519 g/mol. The molecule has 0 unspecified atom stereocenters.